The predicted octanol–water partition coefficient (Wildman–Crippen LogP) is 2.41. The third kappa shape index (κ3) is 3.98. The molecule has 0 saturated carbocycles. The van der Waals surface area contributed by atoms with Crippen LogP contribution >= 0.6 is 0 Å². The lowest BCUT2D eigenvalue weighted by Gasteiger charge is -2.15. The molecular formula is C16H24N4O. The fourth-order valence-corrected chi connectivity index (χ4v) is 2.37. The first kappa shape index (κ1) is 15.4. The number of rotatable bonds is 6. The summed E-state index contributed by atoms with van der Waals surface area (Å²) in [6.45, 7) is 3.67. The van der Waals surface area contributed by atoms with Gasteiger partial charge >= 0.3 is 0 Å². The summed E-state index contributed by atoms with van der Waals surface area (Å²) in [6.07, 6.45) is 2.04. The van der Waals surface area contributed by atoms with E-state index in [1.54, 1.807) is 7.11 Å². The van der Waals surface area contributed by atoms with Crippen LogP contribution in [0.25, 0.3) is 0 Å². The standard InChI is InChI=1S/C16H24N4O/c1-12-14(11-20(4)18-12)9-17-15-8-13(10-19(2)3)6-7-16(15)21-5/h6-8,11,17H,9-10H2,1-5H3. The number of nitrogens with zero attached hydrogens (tertiary/aromatic N) is 3. The Morgan fingerprint density at radius 1 is 1.33 bits per heavy atom. The van der Waals surface area contributed by atoms with Crippen LogP contribution in [0.2, 0.25) is 0 Å². The van der Waals surface area contributed by atoms with Crippen molar-refractivity contribution in [3.05, 3.63) is 41.2 Å². The van der Waals surface area contributed by atoms with Crippen LogP contribution in [0.15, 0.2) is 24.4 Å². The van der Waals surface area contributed by atoms with Crippen LogP contribution < -0.4 is 10.1 Å². The zero-order valence-electron chi connectivity index (χ0n) is 13.5. The van der Waals surface area contributed by atoms with Gasteiger partial charge in [-0.3, -0.25) is 4.68 Å². The van der Waals surface area contributed by atoms with Crippen molar-refractivity contribution in [2.24, 2.45) is 7.05 Å². The maximum Gasteiger partial charge on any atom is 0.141 e. The minimum atomic E-state index is 0.738. The van der Waals surface area contributed by atoms with E-state index in [0.29, 0.717) is 0 Å². The number of anilines is 1. The van der Waals surface area contributed by atoms with E-state index in [4.69, 9.17) is 4.74 Å². The number of ether oxygens (including phenoxy) is 1. The van der Waals surface area contributed by atoms with Gasteiger partial charge in [-0.1, -0.05) is 6.07 Å². The van der Waals surface area contributed by atoms with Crippen molar-refractivity contribution < 1.29 is 4.74 Å². The van der Waals surface area contributed by atoms with Gasteiger partial charge in [0.2, 0.25) is 0 Å². The Morgan fingerprint density at radius 2 is 2.10 bits per heavy atom. The largest absolute Gasteiger partial charge is 0.495 e. The molecular weight excluding hydrogens is 264 g/mol. The summed E-state index contributed by atoms with van der Waals surface area (Å²) in [4.78, 5) is 2.15. The maximum atomic E-state index is 5.43. The van der Waals surface area contributed by atoms with Gasteiger partial charge in [0.25, 0.3) is 0 Å². The Labute approximate surface area is 126 Å². The molecule has 5 nitrogen and oxygen atoms in total. The number of aromatic nitrogens is 2. The van der Waals surface area contributed by atoms with Gasteiger partial charge in [0, 0.05) is 31.9 Å². The van der Waals surface area contributed by atoms with Crippen LogP contribution in [0, 0.1) is 6.92 Å². The van der Waals surface area contributed by atoms with E-state index in [2.05, 4.69) is 41.5 Å². The van der Waals surface area contributed by atoms with Gasteiger partial charge in [0.05, 0.1) is 18.5 Å². The van der Waals surface area contributed by atoms with Crippen molar-refractivity contribution in [3.63, 3.8) is 0 Å². The van der Waals surface area contributed by atoms with Crippen molar-refractivity contribution in [1.29, 1.82) is 0 Å². The maximum absolute atomic E-state index is 5.43. The fraction of sp³-hybridized carbons (Fsp3) is 0.438. The lowest BCUT2D eigenvalue weighted by Crippen LogP contribution is -2.11. The van der Waals surface area contributed by atoms with E-state index in [9.17, 15) is 0 Å². The number of nitrogens with one attached hydrogen (secondary N) is 1. The Morgan fingerprint density at radius 3 is 2.67 bits per heavy atom. The summed E-state index contributed by atoms with van der Waals surface area (Å²) in [5, 5.41) is 7.81. The first-order valence-corrected chi connectivity index (χ1v) is 7.04. The van der Waals surface area contributed by atoms with Crippen LogP contribution in [-0.2, 0) is 20.1 Å². The van der Waals surface area contributed by atoms with Crippen molar-refractivity contribution in [1.82, 2.24) is 14.7 Å². The molecule has 0 unspecified atom stereocenters. The van der Waals surface area contributed by atoms with E-state index in [0.717, 1.165) is 30.2 Å². The average Bonchev–Trinajstić information content (AvgIpc) is 2.74. The highest BCUT2D eigenvalue weighted by Crippen LogP contribution is 2.26. The molecule has 0 spiro atoms. The molecule has 1 aromatic heterocycles. The zero-order valence-corrected chi connectivity index (χ0v) is 13.5. The molecule has 2 aromatic rings. The summed E-state index contributed by atoms with van der Waals surface area (Å²) < 4.78 is 7.27. The van der Waals surface area contributed by atoms with E-state index >= 15 is 0 Å². The van der Waals surface area contributed by atoms with E-state index in [-0.39, 0.29) is 0 Å². The molecule has 0 aliphatic rings. The Bertz CT molecular complexity index is 604. The number of hydrogen-bond donors (Lipinski definition) is 1. The second-order valence-corrected chi connectivity index (χ2v) is 5.54. The molecule has 1 heterocycles. The number of benzene rings is 1. The summed E-state index contributed by atoms with van der Waals surface area (Å²) >= 11 is 0. The topological polar surface area (TPSA) is 42.3 Å². The summed E-state index contributed by atoms with van der Waals surface area (Å²) in [5.41, 5.74) is 4.51. The van der Waals surface area contributed by atoms with Gasteiger partial charge in [-0.25, -0.2) is 0 Å². The molecule has 2 rings (SSSR count). The van der Waals surface area contributed by atoms with E-state index in [1.807, 2.05) is 30.9 Å². The van der Waals surface area contributed by atoms with Crippen molar-refractivity contribution >= 4 is 5.69 Å². The van der Waals surface area contributed by atoms with Crippen LogP contribution in [0.5, 0.6) is 5.75 Å². The third-order valence-electron chi connectivity index (χ3n) is 3.35. The van der Waals surface area contributed by atoms with Gasteiger partial charge < -0.3 is 15.0 Å². The van der Waals surface area contributed by atoms with Gasteiger partial charge in [-0.05, 0) is 38.7 Å². The molecule has 1 aromatic carbocycles. The number of methoxy groups -OCH3 is 1. The molecule has 0 aliphatic carbocycles. The molecule has 1 N–H and O–H groups in total. The molecule has 0 amide bonds. The SMILES string of the molecule is COc1ccc(CN(C)C)cc1NCc1cn(C)nc1C. The highest BCUT2D eigenvalue weighted by atomic mass is 16.5. The minimum absolute atomic E-state index is 0.738. The normalized spacial score (nSPS) is 11.0. The molecule has 5 heteroatoms. The third-order valence-corrected chi connectivity index (χ3v) is 3.35. The first-order valence-electron chi connectivity index (χ1n) is 7.04. The highest BCUT2D eigenvalue weighted by Gasteiger charge is 2.07. The zero-order chi connectivity index (χ0) is 15.4. The van der Waals surface area contributed by atoms with Crippen LogP contribution in [0.4, 0.5) is 5.69 Å². The van der Waals surface area contributed by atoms with E-state index < -0.39 is 0 Å². The van der Waals surface area contributed by atoms with Gasteiger partial charge in [-0.15, -0.1) is 0 Å². The van der Waals surface area contributed by atoms with E-state index in [1.165, 1.54) is 11.1 Å². The second kappa shape index (κ2) is 6.63. The number of aryl methyl sites for hydroxylation is 2. The molecule has 0 saturated heterocycles. The van der Waals surface area contributed by atoms with Gasteiger partial charge in [-0.2, -0.15) is 5.10 Å². The molecule has 0 bridgehead atoms. The number of hydrogen-bond acceptors (Lipinski definition) is 4. The monoisotopic (exact) mass is 288 g/mol. The average molecular weight is 288 g/mol. The van der Waals surface area contributed by atoms with Crippen LogP contribution in [0.3, 0.4) is 0 Å². The molecule has 0 atom stereocenters. The summed E-state index contributed by atoms with van der Waals surface area (Å²) in [6, 6.07) is 6.25. The summed E-state index contributed by atoms with van der Waals surface area (Å²) in [7, 11) is 7.77. The molecule has 114 valence electrons. The minimum Gasteiger partial charge on any atom is -0.495 e. The molecule has 0 aliphatic heterocycles. The Hall–Kier alpha value is -2.01. The van der Waals surface area contributed by atoms with Crippen LogP contribution in [0.1, 0.15) is 16.8 Å². The van der Waals surface area contributed by atoms with Crippen LogP contribution in [-0.4, -0.2) is 35.9 Å². The van der Waals surface area contributed by atoms with Gasteiger partial charge in [0.1, 0.15) is 5.75 Å². The fourth-order valence-electron chi connectivity index (χ4n) is 2.37. The predicted molar refractivity (Wildman–Crippen MR) is 85.7 cm³/mol. The first-order chi connectivity index (χ1) is 9.99. The molecule has 0 radical (unpaired) electrons. The Balaban J connectivity index is 2.15. The highest BCUT2D eigenvalue weighted by molar-refractivity contribution is 5.58. The second-order valence-electron chi connectivity index (χ2n) is 5.54. The summed E-state index contributed by atoms with van der Waals surface area (Å²) in [5.74, 6) is 0.860. The van der Waals surface area contributed by atoms with Crippen molar-refractivity contribution in [2.45, 2.75) is 20.0 Å². The van der Waals surface area contributed by atoms with Crippen molar-refractivity contribution in [3.8, 4) is 5.75 Å². The van der Waals surface area contributed by atoms with Gasteiger partial charge in [0.15, 0.2) is 0 Å². The van der Waals surface area contributed by atoms with Crippen molar-refractivity contribution in [2.75, 3.05) is 26.5 Å². The smallest absolute Gasteiger partial charge is 0.141 e. The Kier molecular flexibility index (Phi) is 4.85. The lowest BCUT2D eigenvalue weighted by atomic mass is 10.1. The lowest BCUT2D eigenvalue weighted by molar-refractivity contribution is 0.400. The molecule has 0 fully saturated rings. The molecule has 21 heavy (non-hydrogen) atoms. The quantitative estimate of drug-likeness (QED) is 0.886.